The highest BCUT2D eigenvalue weighted by Crippen LogP contribution is 2.50. The summed E-state index contributed by atoms with van der Waals surface area (Å²) in [7, 11) is 0. The topological polar surface area (TPSA) is 112 Å². The van der Waals surface area contributed by atoms with Gasteiger partial charge in [0.2, 0.25) is 11.8 Å². The zero-order valence-electron chi connectivity index (χ0n) is 27.1. The maximum absolute atomic E-state index is 14.0. The summed E-state index contributed by atoms with van der Waals surface area (Å²) in [4.78, 5) is 33.8. The molecule has 0 radical (unpaired) electrons. The van der Waals surface area contributed by atoms with Crippen LogP contribution in [0.2, 0.25) is 0 Å². The predicted molar refractivity (Wildman–Crippen MR) is 187 cm³/mol. The van der Waals surface area contributed by atoms with Gasteiger partial charge in [-0.15, -0.1) is 0 Å². The van der Waals surface area contributed by atoms with E-state index in [-0.39, 0.29) is 30.4 Å². The van der Waals surface area contributed by atoms with Crippen LogP contribution in [0.25, 0.3) is 11.6 Å². The number of imide groups is 1. The maximum atomic E-state index is 14.0. The second-order valence-corrected chi connectivity index (χ2v) is 13.0. The van der Waals surface area contributed by atoms with Crippen LogP contribution < -0.4 is 10.2 Å². The number of benzene rings is 3. The van der Waals surface area contributed by atoms with Crippen LogP contribution in [-0.2, 0) is 14.3 Å². The Balaban J connectivity index is 1.11. The number of carbonyl (C=O) groups excluding carboxylic acids is 2. The molecule has 0 saturated carbocycles. The number of hydrogen-bond donors (Lipinski definition) is 3. The number of amides is 2. The molecule has 1 aliphatic carbocycles. The SMILES string of the molecule is Cc1cc(/C=C(/CC[C@H]2OC[C@H]3C2=C(CO)C[C@H]2C(=O)N(c4ccc(Nc5ccccc5)cc4)C(=O)[C@H]23)c2ccccn2)cc(C)c1O. The van der Waals surface area contributed by atoms with Gasteiger partial charge in [-0.25, -0.2) is 0 Å². The largest absolute Gasteiger partial charge is 0.507 e. The van der Waals surface area contributed by atoms with Crippen molar-refractivity contribution in [3.05, 3.63) is 125 Å². The van der Waals surface area contributed by atoms with Crippen LogP contribution in [0.15, 0.2) is 102 Å². The number of aryl methyl sites for hydroxylation is 2. The molecule has 0 spiro atoms. The number of aliphatic hydroxyl groups is 1. The van der Waals surface area contributed by atoms with E-state index in [0.717, 1.165) is 50.5 Å². The lowest BCUT2D eigenvalue weighted by Gasteiger charge is -2.31. The average molecular weight is 642 g/mol. The molecule has 2 amide bonds. The quantitative estimate of drug-likeness (QED) is 0.134. The summed E-state index contributed by atoms with van der Waals surface area (Å²) in [5, 5.41) is 24.2. The number of ether oxygens (including phenoxy) is 1. The summed E-state index contributed by atoms with van der Waals surface area (Å²) in [6.07, 6.45) is 5.21. The Labute approximate surface area is 280 Å². The summed E-state index contributed by atoms with van der Waals surface area (Å²) < 4.78 is 6.39. The van der Waals surface area contributed by atoms with E-state index < -0.39 is 11.8 Å². The smallest absolute Gasteiger partial charge is 0.238 e. The molecule has 4 aromatic rings. The molecule has 3 aliphatic rings. The number of aromatic hydroxyl groups is 1. The Morgan fingerprint density at radius 2 is 1.65 bits per heavy atom. The van der Waals surface area contributed by atoms with Gasteiger partial charge in [-0.1, -0.05) is 24.3 Å². The number of aliphatic hydroxyl groups excluding tert-OH is 1. The zero-order valence-corrected chi connectivity index (χ0v) is 27.1. The molecule has 7 rings (SSSR count). The lowest BCUT2D eigenvalue weighted by atomic mass is 9.69. The fourth-order valence-electron chi connectivity index (χ4n) is 7.64. The van der Waals surface area contributed by atoms with Crippen molar-refractivity contribution >= 4 is 40.5 Å². The molecule has 8 nitrogen and oxygen atoms in total. The first-order valence-corrected chi connectivity index (χ1v) is 16.5. The van der Waals surface area contributed by atoms with E-state index >= 15 is 0 Å². The van der Waals surface area contributed by atoms with Gasteiger partial charge in [0.1, 0.15) is 5.75 Å². The van der Waals surface area contributed by atoms with Gasteiger partial charge >= 0.3 is 0 Å². The number of nitrogens with one attached hydrogen (secondary N) is 1. The fraction of sp³-hybridized carbons (Fsp3) is 0.275. The molecule has 2 aliphatic heterocycles. The second kappa shape index (κ2) is 13.2. The number of hydrogen-bond acceptors (Lipinski definition) is 7. The highest BCUT2D eigenvalue weighted by atomic mass is 16.5. The molecule has 3 aromatic carbocycles. The van der Waals surface area contributed by atoms with Gasteiger partial charge in [-0.2, -0.15) is 0 Å². The van der Waals surface area contributed by atoms with Gasteiger partial charge in [0.15, 0.2) is 0 Å². The third kappa shape index (κ3) is 5.93. The van der Waals surface area contributed by atoms with Gasteiger partial charge in [0.25, 0.3) is 0 Å². The average Bonchev–Trinajstić information content (AvgIpc) is 3.64. The van der Waals surface area contributed by atoms with Crippen LogP contribution in [0, 0.1) is 31.6 Å². The van der Waals surface area contributed by atoms with Crippen molar-refractivity contribution in [2.24, 2.45) is 17.8 Å². The summed E-state index contributed by atoms with van der Waals surface area (Å²) in [6, 6.07) is 26.9. The number of rotatable bonds is 9. The van der Waals surface area contributed by atoms with Crippen LogP contribution in [0.3, 0.4) is 0 Å². The van der Waals surface area contributed by atoms with Crippen LogP contribution in [-0.4, -0.2) is 46.3 Å². The number of anilines is 3. The summed E-state index contributed by atoms with van der Waals surface area (Å²) in [5.41, 5.74) is 8.60. The molecule has 2 fully saturated rings. The number of aromatic nitrogens is 1. The Morgan fingerprint density at radius 1 is 0.938 bits per heavy atom. The number of pyridine rings is 1. The van der Waals surface area contributed by atoms with E-state index in [0.29, 0.717) is 37.3 Å². The Kier molecular flexibility index (Phi) is 8.69. The molecular weight excluding hydrogens is 602 g/mol. The highest BCUT2D eigenvalue weighted by Gasteiger charge is 2.57. The number of carbonyl (C=O) groups is 2. The van der Waals surface area contributed by atoms with Crippen molar-refractivity contribution in [1.82, 2.24) is 4.98 Å². The lowest BCUT2D eigenvalue weighted by Crippen LogP contribution is -2.35. The lowest BCUT2D eigenvalue weighted by molar-refractivity contribution is -0.122. The fourth-order valence-corrected chi connectivity index (χ4v) is 7.64. The molecule has 3 N–H and O–H groups in total. The first-order chi connectivity index (χ1) is 23.3. The van der Waals surface area contributed by atoms with Crippen LogP contribution in [0.1, 0.15) is 41.6 Å². The van der Waals surface area contributed by atoms with Gasteiger partial charge < -0.3 is 20.3 Å². The molecule has 8 heteroatoms. The first-order valence-electron chi connectivity index (χ1n) is 16.5. The van der Waals surface area contributed by atoms with Gasteiger partial charge in [-0.3, -0.25) is 19.5 Å². The van der Waals surface area contributed by atoms with Crippen molar-refractivity contribution in [2.45, 2.75) is 39.2 Å². The molecule has 244 valence electrons. The van der Waals surface area contributed by atoms with E-state index in [9.17, 15) is 19.8 Å². The van der Waals surface area contributed by atoms with Gasteiger partial charge in [0.05, 0.1) is 42.5 Å². The maximum Gasteiger partial charge on any atom is 0.238 e. The number of fused-ring (bicyclic) bond motifs is 3. The van der Waals surface area contributed by atoms with E-state index in [1.165, 1.54) is 4.90 Å². The standard InChI is InChI=1S/C40H39N3O5/c1-24-18-26(19-25(2)38(24)45)20-27(34-10-6-7-17-41-34)11-16-35-36-28(22-44)21-32-37(33(36)23-48-35)40(47)43(39(32)46)31-14-12-30(13-15-31)42-29-8-4-3-5-9-29/h3-10,12-15,17-20,32-33,35,37,42,44-45H,11,16,21-23H2,1-2H3/b27-20-/t32-,33+,35-,37-/m1/s1. The van der Waals surface area contributed by atoms with Crippen LogP contribution in [0.4, 0.5) is 17.1 Å². The summed E-state index contributed by atoms with van der Waals surface area (Å²) in [6.45, 7) is 3.93. The number of phenols is 1. The normalized spacial score (nSPS) is 22.2. The zero-order chi connectivity index (χ0) is 33.4. The minimum atomic E-state index is -0.525. The molecule has 0 bridgehead atoms. The van der Waals surface area contributed by atoms with E-state index in [4.69, 9.17) is 4.74 Å². The van der Waals surface area contributed by atoms with Crippen molar-refractivity contribution < 1.29 is 24.5 Å². The predicted octanol–water partition coefficient (Wildman–Crippen LogP) is 6.98. The molecule has 4 atom stereocenters. The van der Waals surface area contributed by atoms with Crippen molar-refractivity contribution in [3.8, 4) is 5.75 Å². The van der Waals surface area contributed by atoms with E-state index in [1.54, 1.807) is 18.3 Å². The van der Waals surface area contributed by atoms with Crippen LogP contribution >= 0.6 is 0 Å². The van der Waals surface area contributed by atoms with Crippen molar-refractivity contribution in [2.75, 3.05) is 23.4 Å². The number of phenolic OH excluding ortho intramolecular Hbond substituents is 1. The molecule has 0 unspecified atom stereocenters. The third-order valence-corrected chi connectivity index (χ3v) is 9.91. The monoisotopic (exact) mass is 641 g/mol. The number of para-hydroxylation sites is 1. The third-order valence-electron chi connectivity index (χ3n) is 9.91. The summed E-state index contributed by atoms with van der Waals surface area (Å²) >= 11 is 0. The van der Waals surface area contributed by atoms with Gasteiger partial charge in [0, 0.05) is 23.5 Å². The highest BCUT2D eigenvalue weighted by molar-refractivity contribution is 6.22. The van der Waals surface area contributed by atoms with Crippen molar-refractivity contribution in [3.63, 3.8) is 0 Å². The van der Waals surface area contributed by atoms with Gasteiger partial charge in [-0.05, 0) is 133 Å². The molecule has 3 heterocycles. The Bertz CT molecular complexity index is 1880. The van der Waals surface area contributed by atoms with Crippen LogP contribution in [0.5, 0.6) is 5.75 Å². The first kappa shape index (κ1) is 31.5. The molecular formula is C40H39N3O5. The second-order valence-electron chi connectivity index (χ2n) is 13.0. The molecule has 2 saturated heterocycles. The number of nitrogens with zero attached hydrogens (tertiary/aromatic N) is 2. The van der Waals surface area contributed by atoms with E-state index in [2.05, 4.69) is 16.4 Å². The Hall–Kier alpha value is -5.05. The Morgan fingerprint density at radius 3 is 2.33 bits per heavy atom. The number of allylic oxidation sites excluding steroid dienone is 1. The minimum absolute atomic E-state index is 0.175. The minimum Gasteiger partial charge on any atom is -0.507 e. The molecule has 1 aromatic heterocycles. The summed E-state index contributed by atoms with van der Waals surface area (Å²) in [5.74, 6) is -1.44. The molecule has 48 heavy (non-hydrogen) atoms. The van der Waals surface area contributed by atoms with Crippen molar-refractivity contribution in [1.29, 1.82) is 0 Å². The van der Waals surface area contributed by atoms with E-state index in [1.807, 2.05) is 86.6 Å².